The number of nitrogens with one attached hydrogen (secondary N) is 1. The van der Waals surface area contributed by atoms with E-state index in [9.17, 15) is 18.0 Å². The van der Waals surface area contributed by atoms with Gasteiger partial charge in [-0.2, -0.15) is 0 Å². The van der Waals surface area contributed by atoms with Gasteiger partial charge in [-0.3, -0.25) is 4.79 Å². The molecule has 132 valence electrons. The molecule has 0 bridgehead atoms. The highest BCUT2D eigenvalue weighted by atomic mass is 35.5. The molecule has 0 fully saturated rings. The van der Waals surface area contributed by atoms with Crippen LogP contribution in [0.5, 0.6) is 0 Å². The van der Waals surface area contributed by atoms with Crippen LogP contribution in [0.3, 0.4) is 0 Å². The molecule has 2 aromatic rings. The Morgan fingerprint density at radius 1 is 1.12 bits per heavy atom. The number of amides is 1. The van der Waals surface area contributed by atoms with Crippen molar-refractivity contribution in [3.8, 4) is 0 Å². The Hall–Kier alpha value is -2.38. The van der Waals surface area contributed by atoms with Crippen LogP contribution in [0.2, 0.25) is 5.02 Å². The zero-order valence-electron chi connectivity index (χ0n) is 13.4. The fourth-order valence-corrected chi connectivity index (χ4v) is 2.79. The normalized spacial score (nSPS) is 11.0. The first kappa shape index (κ1) is 19.0. The SMILES string of the molecule is CS(=O)(=O)c1ccc(Cl)c(C(=O)OCC(=O)NCc2ccccc2)c1. The molecule has 0 saturated carbocycles. The van der Waals surface area contributed by atoms with Crippen molar-refractivity contribution in [2.45, 2.75) is 11.4 Å². The quantitative estimate of drug-likeness (QED) is 0.775. The molecule has 1 amide bonds. The maximum Gasteiger partial charge on any atom is 0.340 e. The summed E-state index contributed by atoms with van der Waals surface area (Å²) in [7, 11) is -3.49. The predicted octanol–water partition coefficient (Wildman–Crippen LogP) is 2.22. The van der Waals surface area contributed by atoms with Crippen LogP contribution in [0.25, 0.3) is 0 Å². The first-order valence-electron chi connectivity index (χ1n) is 7.25. The largest absolute Gasteiger partial charge is 0.452 e. The lowest BCUT2D eigenvalue weighted by atomic mass is 10.2. The third-order valence-electron chi connectivity index (χ3n) is 3.25. The number of esters is 1. The van der Waals surface area contributed by atoms with Gasteiger partial charge < -0.3 is 10.1 Å². The highest BCUT2D eigenvalue weighted by Gasteiger charge is 2.17. The van der Waals surface area contributed by atoms with E-state index in [-0.39, 0.29) is 15.5 Å². The molecule has 0 heterocycles. The molecule has 2 rings (SSSR count). The van der Waals surface area contributed by atoms with Gasteiger partial charge in [-0.25, -0.2) is 13.2 Å². The van der Waals surface area contributed by atoms with Gasteiger partial charge in [0.25, 0.3) is 5.91 Å². The van der Waals surface area contributed by atoms with Gasteiger partial charge in [-0.05, 0) is 23.8 Å². The minimum absolute atomic E-state index is 0.0436. The van der Waals surface area contributed by atoms with Crippen LogP contribution in [-0.4, -0.2) is 33.2 Å². The van der Waals surface area contributed by atoms with Gasteiger partial charge in [0, 0.05) is 12.8 Å². The molecule has 0 unspecified atom stereocenters. The number of carbonyl (C=O) groups excluding carboxylic acids is 2. The minimum Gasteiger partial charge on any atom is -0.452 e. The van der Waals surface area contributed by atoms with Gasteiger partial charge >= 0.3 is 5.97 Å². The number of hydrogen-bond acceptors (Lipinski definition) is 5. The summed E-state index contributed by atoms with van der Waals surface area (Å²) >= 11 is 5.90. The summed E-state index contributed by atoms with van der Waals surface area (Å²) in [5.41, 5.74) is 0.798. The van der Waals surface area contributed by atoms with Crippen molar-refractivity contribution in [1.29, 1.82) is 0 Å². The van der Waals surface area contributed by atoms with Crippen molar-refractivity contribution >= 4 is 33.3 Å². The Bertz CT molecular complexity index is 881. The number of sulfone groups is 1. The second kappa shape index (κ2) is 8.13. The van der Waals surface area contributed by atoms with Crippen molar-refractivity contribution in [3.05, 3.63) is 64.7 Å². The molecule has 8 heteroatoms. The van der Waals surface area contributed by atoms with E-state index < -0.39 is 28.3 Å². The summed E-state index contributed by atoms with van der Waals surface area (Å²) < 4.78 is 28.0. The highest BCUT2D eigenvalue weighted by molar-refractivity contribution is 7.90. The van der Waals surface area contributed by atoms with Crippen LogP contribution in [0, 0.1) is 0 Å². The summed E-state index contributed by atoms with van der Waals surface area (Å²) in [6.07, 6.45) is 1.02. The van der Waals surface area contributed by atoms with Gasteiger partial charge in [0.15, 0.2) is 16.4 Å². The molecule has 0 saturated heterocycles. The fourth-order valence-electron chi connectivity index (χ4n) is 1.95. The summed E-state index contributed by atoms with van der Waals surface area (Å²) in [5, 5.41) is 2.65. The van der Waals surface area contributed by atoms with Gasteiger partial charge in [0.1, 0.15) is 0 Å². The molecular formula is C17H16ClNO5S. The Morgan fingerprint density at radius 3 is 2.44 bits per heavy atom. The van der Waals surface area contributed by atoms with Crippen LogP contribution in [0.15, 0.2) is 53.4 Å². The van der Waals surface area contributed by atoms with Crippen molar-refractivity contribution in [3.63, 3.8) is 0 Å². The van der Waals surface area contributed by atoms with E-state index in [0.29, 0.717) is 6.54 Å². The van der Waals surface area contributed by atoms with Crippen LogP contribution < -0.4 is 5.32 Å². The predicted molar refractivity (Wildman–Crippen MR) is 93.1 cm³/mol. The molecule has 0 radical (unpaired) electrons. The molecule has 0 aliphatic rings. The molecule has 0 aliphatic carbocycles. The van der Waals surface area contributed by atoms with E-state index in [4.69, 9.17) is 16.3 Å². The van der Waals surface area contributed by atoms with E-state index in [1.165, 1.54) is 12.1 Å². The Kier molecular flexibility index (Phi) is 6.17. The topological polar surface area (TPSA) is 89.5 Å². The average molecular weight is 382 g/mol. The molecule has 0 spiro atoms. The fraction of sp³-hybridized carbons (Fsp3) is 0.176. The summed E-state index contributed by atoms with van der Waals surface area (Å²) in [5.74, 6) is -1.35. The first-order chi connectivity index (χ1) is 11.8. The van der Waals surface area contributed by atoms with E-state index in [1.807, 2.05) is 30.3 Å². The maximum atomic E-state index is 12.0. The zero-order valence-corrected chi connectivity index (χ0v) is 14.9. The van der Waals surface area contributed by atoms with E-state index >= 15 is 0 Å². The van der Waals surface area contributed by atoms with Crippen molar-refractivity contribution in [1.82, 2.24) is 5.32 Å². The second-order valence-corrected chi connectivity index (χ2v) is 7.68. The van der Waals surface area contributed by atoms with Crippen molar-refractivity contribution in [2.75, 3.05) is 12.9 Å². The van der Waals surface area contributed by atoms with Crippen molar-refractivity contribution in [2.24, 2.45) is 0 Å². The third kappa shape index (κ3) is 5.58. The number of carbonyl (C=O) groups is 2. The molecule has 1 N–H and O–H groups in total. The zero-order chi connectivity index (χ0) is 18.4. The first-order valence-corrected chi connectivity index (χ1v) is 9.51. The monoisotopic (exact) mass is 381 g/mol. The molecule has 2 aromatic carbocycles. The number of rotatable bonds is 6. The molecule has 25 heavy (non-hydrogen) atoms. The van der Waals surface area contributed by atoms with Crippen LogP contribution in [-0.2, 0) is 25.9 Å². The average Bonchev–Trinajstić information content (AvgIpc) is 2.58. The molecule has 0 aromatic heterocycles. The Balaban J connectivity index is 1.95. The van der Waals surface area contributed by atoms with Gasteiger partial charge in [-0.1, -0.05) is 41.9 Å². The lowest BCUT2D eigenvalue weighted by molar-refractivity contribution is -0.124. The molecule has 0 aliphatic heterocycles. The molecular weight excluding hydrogens is 366 g/mol. The van der Waals surface area contributed by atoms with E-state index in [2.05, 4.69) is 5.32 Å². The minimum atomic E-state index is -3.49. The van der Waals surface area contributed by atoms with Gasteiger partial charge in [0.2, 0.25) is 0 Å². The van der Waals surface area contributed by atoms with E-state index in [0.717, 1.165) is 17.9 Å². The lowest BCUT2D eigenvalue weighted by Gasteiger charge is -2.08. The second-order valence-electron chi connectivity index (χ2n) is 5.25. The number of benzene rings is 2. The maximum absolute atomic E-state index is 12.0. The van der Waals surface area contributed by atoms with Crippen LogP contribution in [0.4, 0.5) is 0 Å². The molecule has 6 nitrogen and oxygen atoms in total. The number of ether oxygens (including phenoxy) is 1. The van der Waals surface area contributed by atoms with Crippen LogP contribution in [0.1, 0.15) is 15.9 Å². The Labute approximate surface area is 150 Å². The lowest BCUT2D eigenvalue weighted by Crippen LogP contribution is -2.28. The van der Waals surface area contributed by atoms with Crippen LogP contribution >= 0.6 is 11.6 Å². The summed E-state index contributed by atoms with van der Waals surface area (Å²) in [6, 6.07) is 13.0. The van der Waals surface area contributed by atoms with Gasteiger partial charge in [-0.15, -0.1) is 0 Å². The van der Waals surface area contributed by atoms with E-state index in [1.54, 1.807) is 0 Å². The molecule has 0 atom stereocenters. The number of halogens is 1. The highest BCUT2D eigenvalue weighted by Crippen LogP contribution is 2.21. The van der Waals surface area contributed by atoms with Crippen molar-refractivity contribution < 1.29 is 22.7 Å². The number of hydrogen-bond donors (Lipinski definition) is 1. The third-order valence-corrected chi connectivity index (χ3v) is 4.69. The standard InChI is InChI=1S/C17H16ClNO5S/c1-25(22,23)13-7-8-15(18)14(9-13)17(21)24-11-16(20)19-10-12-5-3-2-4-6-12/h2-9H,10-11H2,1H3,(H,19,20). The van der Waals surface area contributed by atoms with Gasteiger partial charge in [0.05, 0.1) is 15.5 Å². The summed E-state index contributed by atoms with van der Waals surface area (Å²) in [4.78, 5) is 23.7. The smallest absolute Gasteiger partial charge is 0.340 e. The summed E-state index contributed by atoms with van der Waals surface area (Å²) in [6.45, 7) is -0.188. The Morgan fingerprint density at radius 2 is 1.80 bits per heavy atom.